The van der Waals surface area contributed by atoms with E-state index in [9.17, 15) is 4.79 Å². The minimum atomic E-state index is -0.0424. The summed E-state index contributed by atoms with van der Waals surface area (Å²) >= 11 is 0. The van der Waals surface area contributed by atoms with Crippen molar-refractivity contribution in [2.45, 2.75) is 32.8 Å². The number of nitrogens with one attached hydrogen (secondary N) is 2. The Labute approximate surface area is 144 Å². The van der Waals surface area contributed by atoms with Gasteiger partial charge in [-0.1, -0.05) is 19.9 Å². The van der Waals surface area contributed by atoms with Crippen molar-refractivity contribution in [2.75, 3.05) is 31.6 Å². The Morgan fingerprint density at radius 2 is 2.30 bits per heavy atom. The van der Waals surface area contributed by atoms with E-state index in [-0.39, 0.29) is 24.4 Å². The maximum atomic E-state index is 12.0. The first-order valence-corrected chi connectivity index (χ1v) is 7.98. The zero-order valence-corrected chi connectivity index (χ0v) is 14.7. The van der Waals surface area contributed by atoms with Crippen molar-refractivity contribution in [2.24, 2.45) is 5.92 Å². The Morgan fingerprint density at radius 1 is 1.48 bits per heavy atom. The molecule has 2 rings (SSSR count). The second-order valence-corrected chi connectivity index (χ2v) is 6.01. The summed E-state index contributed by atoms with van der Waals surface area (Å²) in [5.74, 6) is 1.37. The summed E-state index contributed by atoms with van der Waals surface area (Å²) in [6.07, 6.45) is 1.34. The Bertz CT molecular complexity index is 477. The number of benzene rings is 1. The number of ether oxygens (including phenoxy) is 2. The maximum Gasteiger partial charge on any atom is 0.227 e. The van der Waals surface area contributed by atoms with Crippen molar-refractivity contribution in [1.82, 2.24) is 5.32 Å². The van der Waals surface area contributed by atoms with Gasteiger partial charge in [0.25, 0.3) is 0 Å². The molecule has 2 N–H and O–H groups in total. The lowest BCUT2D eigenvalue weighted by Crippen LogP contribution is -2.40. The van der Waals surface area contributed by atoms with Gasteiger partial charge in [-0.05, 0) is 24.5 Å². The first-order chi connectivity index (χ1) is 10.6. The number of hydrogen-bond donors (Lipinski definition) is 2. The minimum absolute atomic E-state index is 0. The second-order valence-electron chi connectivity index (χ2n) is 6.01. The number of rotatable bonds is 7. The van der Waals surface area contributed by atoms with Crippen molar-refractivity contribution < 1.29 is 14.3 Å². The van der Waals surface area contributed by atoms with E-state index in [0.29, 0.717) is 25.6 Å². The number of carbonyl (C=O) groups is 1. The van der Waals surface area contributed by atoms with Gasteiger partial charge in [0, 0.05) is 24.8 Å². The molecule has 1 aliphatic heterocycles. The fraction of sp³-hybridized carbons (Fsp3) is 0.588. The van der Waals surface area contributed by atoms with Crippen LogP contribution in [0.3, 0.4) is 0 Å². The number of carbonyl (C=O) groups excluding carboxylic acids is 1. The lowest BCUT2D eigenvalue weighted by atomic mass is 10.1. The van der Waals surface area contributed by atoms with Crippen LogP contribution in [0.15, 0.2) is 24.3 Å². The third kappa shape index (κ3) is 7.68. The van der Waals surface area contributed by atoms with Crippen molar-refractivity contribution in [3.63, 3.8) is 0 Å². The predicted octanol–water partition coefficient (Wildman–Crippen LogP) is 2.85. The van der Waals surface area contributed by atoms with E-state index in [0.717, 1.165) is 30.9 Å². The molecule has 0 aliphatic carbocycles. The molecule has 1 heterocycles. The molecule has 0 spiro atoms. The van der Waals surface area contributed by atoms with Gasteiger partial charge in [0.15, 0.2) is 0 Å². The largest absolute Gasteiger partial charge is 0.494 e. The average Bonchev–Trinajstić information content (AvgIpc) is 2.48. The molecule has 6 heteroatoms. The Hall–Kier alpha value is -1.30. The first kappa shape index (κ1) is 19.7. The summed E-state index contributed by atoms with van der Waals surface area (Å²) in [4.78, 5) is 12.0. The number of anilines is 1. The van der Waals surface area contributed by atoms with Crippen LogP contribution in [0.1, 0.15) is 26.7 Å². The molecule has 5 nitrogen and oxygen atoms in total. The van der Waals surface area contributed by atoms with E-state index < -0.39 is 0 Å². The fourth-order valence-electron chi connectivity index (χ4n) is 2.25. The Balaban J connectivity index is 0.00000264. The van der Waals surface area contributed by atoms with E-state index >= 15 is 0 Å². The van der Waals surface area contributed by atoms with Crippen molar-refractivity contribution >= 4 is 24.0 Å². The smallest absolute Gasteiger partial charge is 0.227 e. The highest BCUT2D eigenvalue weighted by Gasteiger charge is 2.17. The minimum Gasteiger partial charge on any atom is -0.494 e. The normalized spacial score (nSPS) is 17.4. The molecule has 1 fully saturated rings. The molecule has 1 aliphatic rings. The van der Waals surface area contributed by atoms with Gasteiger partial charge >= 0.3 is 0 Å². The average molecular weight is 343 g/mol. The van der Waals surface area contributed by atoms with Gasteiger partial charge in [-0.2, -0.15) is 0 Å². The molecule has 1 amide bonds. The van der Waals surface area contributed by atoms with Crippen LogP contribution < -0.4 is 15.4 Å². The molecule has 1 aromatic carbocycles. The summed E-state index contributed by atoms with van der Waals surface area (Å²) in [5.41, 5.74) is 0.760. The molecular weight excluding hydrogens is 316 g/mol. The van der Waals surface area contributed by atoms with Crippen molar-refractivity contribution in [3.05, 3.63) is 24.3 Å². The van der Waals surface area contributed by atoms with Gasteiger partial charge in [0.1, 0.15) is 5.75 Å². The number of amides is 1. The van der Waals surface area contributed by atoms with E-state index in [1.54, 1.807) is 0 Å². The van der Waals surface area contributed by atoms with Gasteiger partial charge in [-0.25, -0.2) is 0 Å². The van der Waals surface area contributed by atoms with Crippen LogP contribution >= 0.6 is 12.4 Å². The van der Waals surface area contributed by atoms with Gasteiger partial charge in [0.05, 0.1) is 25.7 Å². The maximum absolute atomic E-state index is 12.0. The summed E-state index contributed by atoms with van der Waals surface area (Å²) in [5, 5.41) is 6.12. The molecule has 1 atom stereocenters. The lowest BCUT2D eigenvalue weighted by molar-refractivity contribution is -0.119. The van der Waals surface area contributed by atoms with Crippen LogP contribution in [0.25, 0.3) is 0 Å². The number of morpholine rings is 1. The molecule has 0 bridgehead atoms. The van der Waals surface area contributed by atoms with Crippen LogP contribution in [-0.2, 0) is 9.53 Å². The Kier molecular flexibility index (Phi) is 8.99. The van der Waals surface area contributed by atoms with Gasteiger partial charge in [-0.15, -0.1) is 12.4 Å². The number of halogens is 1. The van der Waals surface area contributed by atoms with Crippen LogP contribution in [0.4, 0.5) is 5.69 Å². The predicted molar refractivity (Wildman–Crippen MR) is 94.5 cm³/mol. The van der Waals surface area contributed by atoms with E-state index in [4.69, 9.17) is 9.47 Å². The van der Waals surface area contributed by atoms with Gasteiger partial charge in [-0.3, -0.25) is 4.79 Å². The lowest BCUT2D eigenvalue weighted by Gasteiger charge is -2.23. The molecule has 0 saturated carbocycles. The zero-order chi connectivity index (χ0) is 15.8. The second kappa shape index (κ2) is 10.5. The van der Waals surface area contributed by atoms with E-state index in [2.05, 4.69) is 24.5 Å². The van der Waals surface area contributed by atoms with E-state index in [1.165, 1.54) is 0 Å². The molecule has 1 unspecified atom stereocenters. The highest BCUT2D eigenvalue weighted by molar-refractivity contribution is 5.91. The summed E-state index contributed by atoms with van der Waals surface area (Å²) in [6.45, 7) is 7.28. The zero-order valence-electron chi connectivity index (χ0n) is 13.8. The van der Waals surface area contributed by atoms with Crippen molar-refractivity contribution in [1.29, 1.82) is 0 Å². The fourth-order valence-corrected chi connectivity index (χ4v) is 2.25. The SMILES string of the molecule is CC(C)CCOc1cccc(NC(=O)CC2CNCCO2)c1.Cl. The first-order valence-electron chi connectivity index (χ1n) is 7.98. The summed E-state index contributed by atoms with van der Waals surface area (Å²) in [6, 6.07) is 7.52. The molecule has 1 aromatic rings. The molecule has 23 heavy (non-hydrogen) atoms. The van der Waals surface area contributed by atoms with Crippen molar-refractivity contribution in [3.8, 4) is 5.75 Å². The quantitative estimate of drug-likeness (QED) is 0.800. The van der Waals surface area contributed by atoms with E-state index in [1.807, 2.05) is 24.3 Å². The highest BCUT2D eigenvalue weighted by atomic mass is 35.5. The van der Waals surface area contributed by atoms with Gasteiger partial charge < -0.3 is 20.1 Å². The van der Waals surface area contributed by atoms with Crippen LogP contribution in [-0.4, -0.2) is 38.3 Å². The molecule has 130 valence electrons. The van der Waals surface area contributed by atoms with Crippen LogP contribution in [0, 0.1) is 5.92 Å². The molecule has 0 aromatic heterocycles. The summed E-state index contributed by atoms with van der Waals surface area (Å²) < 4.78 is 11.2. The summed E-state index contributed by atoms with van der Waals surface area (Å²) in [7, 11) is 0. The van der Waals surface area contributed by atoms with Crippen LogP contribution in [0.2, 0.25) is 0 Å². The Morgan fingerprint density at radius 3 is 3.00 bits per heavy atom. The standard InChI is InChI=1S/C17H26N2O3.ClH/c1-13(2)6-8-21-15-5-3-4-14(10-15)19-17(20)11-16-12-18-7-9-22-16;/h3-5,10,13,16,18H,6-9,11-12H2,1-2H3,(H,19,20);1H. The van der Waals surface area contributed by atoms with Gasteiger partial charge in [0.2, 0.25) is 5.91 Å². The highest BCUT2D eigenvalue weighted by Crippen LogP contribution is 2.18. The third-order valence-electron chi connectivity index (χ3n) is 3.50. The third-order valence-corrected chi connectivity index (χ3v) is 3.50. The molecule has 1 saturated heterocycles. The molecule has 0 radical (unpaired) electrons. The molecular formula is C17H27ClN2O3. The topological polar surface area (TPSA) is 59.6 Å². The van der Waals surface area contributed by atoms with Crippen LogP contribution in [0.5, 0.6) is 5.75 Å². The number of hydrogen-bond acceptors (Lipinski definition) is 4. The monoisotopic (exact) mass is 342 g/mol.